The first-order valence-electron chi connectivity index (χ1n) is 4.71. The van der Waals surface area contributed by atoms with Gasteiger partial charge in [-0.1, -0.05) is 0 Å². The van der Waals surface area contributed by atoms with Crippen molar-refractivity contribution in [2.24, 2.45) is 0 Å². The summed E-state index contributed by atoms with van der Waals surface area (Å²) in [5.41, 5.74) is 1.39. The van der Waals surface area contributed by atoms with Gasteiger partial charge in [-0.15, -0.1) is 11.3 Å². The molecule has 13 heavy (non-hydrogen) atoms. The van der Waals surface area contributed by atoms with Crippen molar-refractivity contribution in [2.75, 3.05) is 6.54 Å². The second-order valence-corrected chi connectivity index (χ2v) is 4.41. The first-order valence-corrected chi connectivity index (χ1v) is 5.52. The summed E-state index contributed by atoms with van der Waals surface area (Å²) in [6.45, 7) is 2.65. The number of carbonyl (C=O) groups excluding carboxylic acids is 1. The minimum Gasteiger partial charge on any atom is -0.352 e. The fourth-order valence-electron chi connectivity index (χ4n) is 1.69. The lowest BCUT2D eigenvalue weighted by atomic mass is 10.2. The summed E-state index contributed by atoms with van der Waals surface area (Å²) in [6, 6.07) is 2.05. The van der Waals surface area contributed by atoms with Crippen molar-refractivity contribution in [1.82, 2.24) is 5.32 Å². The van der Waals surface area contributed by atoms with E-state index in [0.717, 1.165) is 11.3 Å². The minimum absolute atomic E-state index is 0.0851. The van der Waals surface area contributed by atoms with Gasteiger partial charge in [0.25, 0.3) is 5.91 Å². The van der Waals surface area contributed by atoms with Crippen LogP contribution in [0.2, 0.25) is 0 Å². The number of aryl methyl sites for hydroxylation is 2. The first kappa shape index (κ1) is 8.75. The molecular formula is C10H13NOS. The number of fused-ring (bicyclic) bond motifs is 1. The molecule has 0 saturated carbocycles. The van der Waals surface area contributed by atoms with Gasteiger partial charge in [-0.25, -0.2) is 0 Å². The number of hydrogen-bond acceptors (Lipinski definition) is 2. The molecule has 3 heteroatoms. The number of thiophene rings is 1. The standard InChI is InChI=1S/C10H13NOS/c1-2-11-10(12)9-6-7-4-3-5-8(7)13-9/h6H,2-5H2,1H3,(H,11,12). The average molecular weight is 195 g/mol. The Hall–Kier alpha value is -0.830. The highest BCUT2D eigenvalue weighted by atomic mass is 32.1. The van der Waals surface area contributed by atoms with E-state index in [9.17, 15) is 4.79 Å². The van der Waals surface area contributed by atoms with Gasteiger partial charge in [0.2, 0.25) is 0 Å². The van der Waals surface area contributed by atoms with Crippen LogP contribution >= 0.6 is 11.3 Å². The first-order chi connectivity index (χ1) is 6.31. The smallest absolute Gasteiger partial charge is 0.261 e. The van der Waals surface area contributed by atoms with Crippen molar-refractivity contribution in [3.05, 3.63) is 21.4 Å². The van der Waals surface area contributed by atoms with Crippen LogP contribution in [0.25, 0.3) is 0 Å². The van der Waals surface area contributed by atoms with Gasteiger partial charge in [-0.2, -0.15) is 0 Å². The topological polar surface area (TPSA) is 29.1 Å². The quantitative estimate of drug-likeness (QED) is 0.768. The molecule has 0 aromatic carbocycles. The average Bonchev–Trinajstić information content (AvgIpc) is 2.61. The third-order valence-corrected chi connectivity index (χ3v) is 3.54. The molecule has 70 valence electrons. The Kier molecular flexibility index (Phi) is 2.36. The molecule has 1 heterocycles. The van der Waals surface area contributed by atoms with E-state index in [1.54, 1.807) is 11.3 Å². The van der Waals surface area contributed by atoms with E-state index in [1.165, 1.54) is 23.3 Å². The Morgan fingerprint density at radius 3 is 3.15 bits per heavy atom. The van der Waals surface area contributed by atoms with Crippen molar-refractivity contribution in [3.8, 4) is 0 Å². The van der Waals surface area contributed by atoms with Crippen LogP contribution in [-0.2, 0) is 12.8 Å². The second kappa shape index (κ2) is 3.50. The van der Waals surface area contributed by atoms with Gasteiger partial charge in [0, 0.05) is 11.4 Å². The van der Waals surface area contributed by atoms with Gasteiger partial charge in [0.05, 0.1) is 4.88 Å². The summed E-state index contributed by atoms with van der Waals surface area (Å²) in [6.07, 6.45) is 3.58. The Bertz CT molecular complexity index is 308. The highest BCUT2D eigenvalue weighted by molar-refractivity contribution is 7.14. The van der Waals surface area contributed by atoms with Gasteiger partial charge in [0.1, 0.15) is 0 Å². The van der Waals surface area contributed by atoms with E-state index in [-0.39, 0.29) is 5.91 Å². The Balaban J connectivity index is 2.18. The SMILES string of the molecule is CCNC(=O)c1cc2c(s1)CCC2. The maximum atomic E-state index is 11.4. The monoisotopic (exact) mass is 195 g/mol. The molecule has 0 aliphatic heterocycles. The van der Waals surface area contributed by atoms with Crippen LogP contribution in [0.15, 0.2) is 6.07 Å². The molecule has 1 aliphatic rings. The van der Waals surface area contributed by atoms with Crippen LogP contribution in [0.1, 0.15) is 33.5 Å². The summed E-state index contributed by atoms with van der Waals surface area (Å²) in [4.78, 5) is 13.7. The molecule has 0 spiro atoms. The molecule has 1 amide bonds. The molecule has 1 aromatic heterocycles. The van der Waals surface area contributed by atoms with E-state index < -0.39 is 0 Å². The fraction of sp³-hybridized carbons (Fsp3) is 0.500. The maximum absolute atomic E-state index is 11.4. The number of hydrogen-bond donors (Lipinski definition) is 1. The van der Waals surface area contributed by atoms with Gasteiger partial charge in [-0.3, -0.25) is 4.79 Å². The lowest BCUT2D eigenvalue weighted by Gasteiger charge is -1.97. The zero-order chi connectivity index (χ0) is 9.26. The molecule has 1 aliphatic carbocycles. The number of nitrogens with one attached hydrogen (secondary N) is 1. The molecule has 1 N–H and O–H groups in total. The highest BCUT2D eigenvalue weighted by Gasteiger charge is 2.17. The van der Waals surface area contributed by atoms with Crippen molar-refractivity contribution < 1.29 is 4.79 Å². The number of amides is 1. The largest absolute Gasteiger partial charge is 0.352 e. The van der Waals surface area contributed by atoms with Crippen molar-refractivity contribution >= 4 is 17.2 Å². The van der Waals surface area contributed by atoms with E-state index in [2.05, 4.69) is 11.4 Å². The molecule has 0 atom stereocenters. The van der Waals surface area contributed by atoms with Gasteiger partial charge < -0.3 is 5.32 Å². The number of rotatable bonds is 2. The molecule has 0 fully saturated rings. The summed E-state index contributed by atoms with van der Waals surface area (Å²) in [5, 5.41) is 2.82. The predicted molar refractivity (Wildman–Crippen MR) is 54.4 cm³/mol. The van der Waals surface area contributed by atoms with E-state index >= 15 is 0 Å². The van der Waals surface area contributed by atoms with Crippen molar-refractivity contribution in [2.45, 2.75) is 26.2 Å². The van der Waals surface area contributed by atoms with Gasteiger partial charge in [0.15, 0.2) is 0 Å². The molecule has 1 aromatic rings. The van der Waals surface area contributed by atoms with E-state index in [4.69, 9.17) is 0 Å². The summed E-state index contributed by atoms with van der Waals surface area (Å²) in [5.74, 6) is 0.0851. The van der Waals surface area contributed by atoms with E-state index in [0.29, 0.717) is 6.54 Å². The molecule has 2 rings (SSSR count). The summed E-state index contributed by atoms with van der Waals surface area (Å²) in [7, 11) is 0. The Morgan fingerprint density at radius 1 is 1.62 bits per heavy atom. The molecular weight excluding hydrogens is 182 g/mol. The lowest BCUT2D eigenvalue weighted by molar-refractivity contribution is 0.0960. The summed E-state index contributed by atoms with van der Waals surface area (Å²) < 4.78 is 0. The normalized spacial score (nSPS) is 14.2. The Labute approximate surface area is 82.0 Å². The second-order valence-electron chi connectivity index (χ2n) is 3.27. The van der Waals surface area contributed by atoms with Crippen molar-refractivity contribution in [1.29, 1.82) is 0 Å². The minimum atomic E-state index is 0.0851. The molecule has 0 radical (unpaired) electrons. The Morgan fingerprint density at radius 2 is 2.46 bits per heavy atom. The predicted octanol–water partition coefficient (Wildman–Crippen LogP) is 1.99. The maximum Gasteiger partial charge on any atom is 0.261 e. The van der Waals surface area contributed by atoms with Crippen LogP contribution in [0.4, 0.5) is 0 Å². The number of carbonyl (C=O) groups is 1. The van der Waals surface area contributed by atoms with E-state index in [1.807, 2.05) is 6.92 Å². The van der Waals surface area contributed by atoms with Crippen LogP contribution in [0.5, 0.6) is 0 Å². The zero-order valence-electron chi connectivity index (χ0n) is 7.72. The molecule has 0 unspecified atom stereocenters. The third-order valence-electron chi connectivity index (χ3n) is 2.31. The fourth-order valence-corrected chi connectivity index (χ4v) is 2.86. The van der Waals surface area contributed by atoms with Crippen LogP contribution in [-0.4, -0.2) is 12.5 Å². The van der Waals surface area contributed by atoms with Gasteiger partial charge >= 0.3 is 0 Å². The van der Waals surface area contributed by atoms with Crippen LogP contribution < -0.4 is 5.32 Å². The summed E-state index contributed by atoms with van der Waals surface area (Å²) >= 11 is 1.66. The molecule has 2 nitrogen and oxygen atoms in total. The lowest BCUT2D eigenvalue weighted by Crippen LogP contribution is -2.21. The zero-order valence-corrected chi connectivity index (χ0v) is 8.54. The highest BCUT2D eigenvalue weighted by Crippen LogP contribution is 2.30. The molecule has 0 bridgehead atoms. The van der Waals surface area contributed by atoms with Crippen molar-refractivity contribution in [3.63, 3.8) is 0 Å². The van der Waals surface area contributed by atoms with Crippen LogP contribution in [0, 0.1) is 0 Å². The van der Waals surface area contributed by atoms with Gasteiger partial charge in [-0.05, 0) is 37.8 Å². The third kappa shape index (κ3) is 1.61. The van der Waals surface area contributed by atoms with Crippen LogP contribution in [0.3, 0.4) is 0 Å². The molecule has 0 saturated heterocycles.